The molecule has 0 amide bonds. The summed E-state index contributed by atoms with van der Waals surface area (Å²) in [5.41, 5.74) is 0.0278. The normalized spacial score (nSPS) is 38.3. The second-order valence-corrected chi connectivity index (χ2v) is 4.34. The Morgan fingerprint density at radius 3 is 2.85 bits per heavy atom. The quantitative estimate of drug-likeness (QED) is 0.524. The molecule has 0 radical (unpaired) electrons. The molecule has 2 aliphatic rings. The SMILES string of the molecule is CN1CCOC2(CCCN(N)C2)C1. The van der Waals surface area contributed by atoms with E-state index < -0.39 is 0 Å². The van der Waals surface area contributed by atoms with Crippen LogP contribution in [0.2, 0.25) is 0 Å². The molecule has 0 saturated carbocycles. The van der Waals surface area contributed by atoms with Crippen molar-refractivity contribution in [1.82, 2.24) is 9.91 Å². The molecule has 1 unspecified atom stereocenters. The summed E-state index contributed by atoms with van der Waals surface area (Å²) in [6.07, 6.45) is 2.31. The van der Waals surface area contributed by atoms with Gasteiger partial charge in [-0.2, -0.15) is 0 Å². The molecule has 2 heterocycles. The van der Waals surface area contributed by atoms with Crippen LogP contribution in [-0.2, 0) is 4.74 Å². The molecule has 4 heteroatoms. The summed E-state index contributed by atoms with van der Waals surface area (Å²) in [6, 6.07) is 0. The first-order chi connectivity index (χ1) is 6.20. The van der Waals surface area contributed by atoms with E-state index in [9.17, 15) is 0 Å². The van der Waals surface area contributed by atoms with Gasteiger partial charge in [0.2, 0.25) is 0 Å². The Labute approximate surface area is 79.6 Å². The average Bonchev–Trinajstić information content (AvgIpc) is 2.02. The highest BCUT2D eigenvalue weighted by Gasteiger charge is 2.38. The Bertz CT molecular complexity index is 166. The van der Waals surface area contributed by atoms with Gasteiger partial charge in [0.15, 0.2) is 0 Å². The van der Waals surface area contributed by atoms with E-state index in [1.54, 1.807) is 0 Å². The number of ether oxygens (including phenoxy) is 1. The van der Waals surface area contributed by atoms with E-state index in [1.165, 1.54) is 0 Å². The number of likely N-dealkylation sites (N-methyl/N-ethyl adjacent to an activating group) is 1. The minimum absolute atomic E-state index is 0.0278. The Morgan fingerprint density at radius 2 is 2.15 bits per heavy atom. The third-order valence-electron chi connectivity index (χ3n) is 3.01. The number of hydrazine groups is 1. The minimum Gasteiger partial charge on any atom is -0.371 e. The van der Waals surface area contributed by atoms with Crippen LogP contribution in [0.3, 0.4) is 0 Å². The standard InChI is InChI=1S/C9H19N3O/c1-11-5-6-13-9(7-11)3-2-4-12(10)8-9/h2-8,10H2,1H3. The summed E-state index contributed by atoms with van der Waals surface area (Å²) in [4.78, 5) is 2.34. The highest BCUT2D eigenvalue weighted by molar-refractivity contribution is 4.92. The molecule has 76 valence electrons. The van der Waals surface area contributed by atoms with Crippen LogP contribution in [0.25, 0.3) is 0 Å². The number of nitrogens with two attached hydrogens (primary N) is 1. The maximum Gasteiger partial charge on any atom is 0.0949 e. The van der Waals surface area contributed by atoms with Crippen molar-refractivity contribution >= 4 is 0 Å². The van der Waals surface area contributed by atoms with E-state index in [4.69, 9.17) is 10.6 Å². The second kappa shape index (κ2) is 3.53. The van der Waals surface area contributed by atoms with Gasteiger partial charge in [0.25, 0.3) is 0 Å². The molecule has 13 heavy (non-hydrogen) atoms. The predicted molar refractivity (Wildman–Crippen MR) is 51.2 cm³/mol. The number of morpholine rings is 1. The number of hydrogen-bond acceptors (Lipinski definition) is 4. The number of rotatable bonds is 0. The lowest BCUT2D eigenvalue weighted by Crippen LogP contribution is -2.60. The van der Waals surface area contributed by atoms with Crippen LogP contribution < -0.4 is 5.84 Å². The molecular formula is C9H19N3O. The summed E-state index contributed by atoms with van der Waals surface area (Å²) in [6.45, 7) is 4.82. The molecule has 0 aromatic heterocycles. The van der Waals surface area contributed by atoms with Crippen LogP contribution >= 0.6 is 0 Å². The topological polar surface area (TPSA) is 41.7 Å². The van der Waals surface area contributed by atoms with Crippen molar-refractivity contribution in [3.8, 4) is 0 Å². The fourth-order valence-electron chi connectivity index (χ4n) is 2.41. The Balaban J connectivity index is 2.00. The van der Waals surface area contributed by atoms with Gasteiger partial charge in [0.05, 0.1) is 12.2 Å². The zero-order valence-electron chi connectivity index (χ0n) is 8.33. The highest BCUT2D eigenvalue weighted by atomic mass is 16.5. The van der Waals surface area contributed by atoms with Crippen LogP contribution in [0.5, 0.6) is 0 Å². The van der Waals surface area contributed by atoms with Crippen molar-refractivity contribution in [1.29, 1.82) is 0 Å². The molecule has 0 bridgehead atoms. The first-order valence-electron chi connectivity index (χ1n) is 5.02. The van der Waals surface area contributed by atoms with Crippen molar-refractivity contribution < 1.29 is 4.74 Å². The Hall–Kier alpha value is -0.160. The van der Waals surface area contributed by atoms with Crippen LogP contribution in [0.1, 0.15) is 12.8 Å². The zero-order chi connectivity index (χ0) is 9.31. The van der Waals surface area contributed by atoms with Crippen molar-refractivity contribution in [3.63, 3.8) is 0 Å². The fraction of sp³-hybridized carbons (Fsp3) is 1.00. The smallest absolute Gasteiger partial charge is 0.0949 e. The van der Waals surface area contributed by atoms with Crippen molar-refractivity contribution in [2.24, 2.45) is 5.84 Å². The summed E-state index contributed by atoms with van der Waals surface area (Å²) in [7, 11) is 2.15. The van der Waals surface area contributed by atoms with Gasteiger partial charge in [-0.15, -0.1) is 0 Å². The third-order valence-corrected chi connectivity index (χ3v) is 3.01. The Kier molecular flexibility index (Phi) is 2.55. The van der Waals surface area contributed by atoms with Crippen molar-refractivity contribution in [2.75, 3.05) is 39.8 Å². The minimum atomic E-state index is 0.0278. The maximum atomic E-state index is 5.88. The first-order valence-corrected chi connectivity index (χ1v) is 5.02. The molecular weight excluding hydrogens is 166 g/mol. The monoisotopic (exact) mass is 185 g/mol. The molecule has 1 spiro atoms. The lowest BCUT2D eigenvalue weighted by atomic mass is 9.92. The molecule has 0 aromatic rings. The van der Waals surface area contributed by atoms with Gasteiger partial charge in [0.1, 0.15) is 0 Å². The van der Waals surface area contributed by atoms with Crippen LogP contribution in [0.4, 0.5) is 0 Å². The van der Waals surface area contributed by atoms with Gasteiger partial charge in [-0.1, -0.05) is 0 Å². The molecule has 1 atom stereocenters. The van der Waals surface area contributed by atoms with E-state index >= 15 is 0 Å². The average molecular weight is 185 g/mol. The summed E-state index contributed by atoms with van der Waals surface area (Å²) in [5, 5.41) is 1.89. The summed E-state index contributed by atoms with van der Waals surface area (Å²) >= 11 is 0. The molecule has 2 rings (SSSR count). The van der Waals surface area contributed by atoms with E-state index in [2.05, 4.69) is 11.9 Å². The summed E-state index contributed by atoms with van der Waals surface area (Å²) < 4.78 is 5.88. The molecule has 0 aliphatic carbocycles. The largest absolute Gasteiger partial charge is 0.371 e. The fourth-order valence-corrected chi connectivity index (χ4v) is 2.41. The molecule has 2 fully saturated rings. The van der Waals surface area contributed by atoms with E-state index in [0.29, 0.717) is 0 Å². The Morgan fingerprint density at radius 1 is 1.31 bits per heavy atom. The van der Waals surface area contributed by atoms with E-state index in [0.717, 1.165) is 45.6 Å². The van der Waals surface area contributed by atoms with Gasteiger partial charge < -0.3 is 9.64 Å². The van der Waals surface area contributed by atoms with Gasteiger partial charge >= 0.3 is 0 Å². The van der Waals surface area contributed by atoms with Crippen molar-refractivity contribution in [3.05, 3.63) is 0 Å². The maximum absolute atomic E-state index is 5.88. The summed E-state index contributed by atoms with van der Waals surface area (Å²) in [5.74, 6) is 5.82. The predicted octanol–water partition coefficient (Wildman–Crippen LogP) is -0.343. The van der Waals surface area contributed by atoms with Gasteiger partial charge in [-0.05, 0) is 19.9 Å². The van der Waals surface area contributed by atoms with Crippen LogP contribution in [-0.4, -0.2) is 55.3 Å². The zero-order valence-corrected chi connectivity index (χ0v) is 8.33. The second-order valence-electron chi connectivity index (χ2n) is 4.34. The molecule has 4 nitrogen and oxygen atoms in total. The van der Waals surface area contributed by atoms with Gasteiger partial charge in [0, 0.05) is 26.2 Å². The number of nitrogens with zero attached hydrogens (tertiary/aromatic N) is 2. The first kappa shape index (κ1) is 9.40. The number of piperidine rings is 1. The molecule has 2 aliphatic heterocycles. The molecule has 0 aromatic carbocycles. The van der Waals surface area contributed by atoms with Crippen LogP contribution in [0.15, 0.2) is 0 Å². The highest BCUT2D eigenvalue weighted by Crippen LogP contribution is 2.26. The molecule has 2 N–H and O–H groups in total. The van der Waals surface area contributed by atoms with Gasteiger partial charge in [-0.3, -0.25) is 5.84 Å². The van der Waals surface area contributed by atoms with Crippen LogP contribution in [0, 0.1) is 0 Å². The van der Waals surface area contributed by atoms with Gasteiger partial charge in [-0.25, -0.2) is 5.01 Å². The lowest BCUT2D eigenvalue weighted by Gasteiger charge is -2.46. The molecule has 2 saturated heterocycles. The number of hydrogen-bond donors (Lipinski definition) is 1. The van der Waals surface area contributed by atoms with E-state index in [1.807, 2.05) is 5.01 Å². The third kappa shape index (κ3) is 2.02. The van der Waals surface area contributed by atoms with E-state index in [-0.39, 0.29) is 5.60 Å². The van der Waals surface area contributed by atoms with Crippen molar-refractivity contribution in [2.45, 2.75) is 18.4 Å². The lowest BCUT2D eigenvalue weighted by molar-refractivity contribution is -0.135.